The summed E-state index contributed by atoms with van der Waals surface area (Å²) >= 11 is 0. The molecule has 0 N–H and O–H groups in total. The molecule has 0 radical (unpaired) electrons. The third-order valence-corrected chi connectivity index (χ3v) is 10.4. The van der Waals surface area contributed by atoms with Crippen molar-refractivity contribution in [2.45, 2.75) is 80.1 Å². The van der Waals surface area contributed by atoms with E-state index in [0.717, 1.165) is 47.0 Å². The number of rotatable bonds is 11. The molecule has 0 fully saturated rings. The molecule has 0 spiro atoms. The second-order valence-electron chi connectivity index (χ2n) is 16.6. The maximum absolute atomic E-state index is 2.37. The molecular formula is C50H56N2. The van der Waals surface area contributed by atoms with Gasteiger partial charge < -0.3 is 9.80 Å². The Bertz CT molecular complexity index is 1980. The number of benzene rings is 6. The molecule has 0 aliphatic heterocycles. The largest absolute Gasteiger partial charge is 0.311 e. The molecule has 0 saturated heterocycles. The van der Waals surface area contributed by atoms with Crippen LogP contribution in [0.4, 0.5) is 34.1 Å². The fraction of sp³-hybridized carbons (Fsp3) is 0.280. The van der Waals surface area contributed by atoms with Crippen LogP contribution in [0.5, 0.6) is 0 Å². The van der Waals surface area contributed by atoms with Gasteiger partial charge in [-0.25, -0.2) is 0 Å². The Morgan fingerprint density at radius 1 is 0.423 bits per heavy atom. The first-order chi connectivity index (χ1) is 24.9. The Morgan fingerprint density at radius 3 is 1.08 bits per heavy atom. The number of para-hydroxylation sites is 2. The van der Waals surface area contributed by atoms with E-state index in [9.17, 15) is 0 Å². The molecule has 2 heteroatoms. The second kappa shape index (κ2) is 15.7. The maximum Gasteiger partial charge on any atom is 0.0462 e. The minimum absolute atomic E-state index is 0.181. The van der Waals surface area contributed by atoms with Crippen molar-refractivity contribution in [3.63, 3.8) is 0 Å². The summed E-state index contributed by atoms with van der Waals surface area (Å²) in [5.41, 5.74) is 12.5. The van der Waals surface area contributed by atoms with Gasteiger partial charge in [0.25, 0.3) is 0 Å². The smallest absolute Gasteiger partial charge is 0.0462 e. The van der Waals surface area contributed by atoms with Crippen LogP contribution in [0.1, 0.15) is 91.2 Å². The van der Waals surface area contributed by atoms with Gasteiger partial charge in [0, 0.05) is 34.1 Å². The molecule has 0 bridgehead atoms. The van der Waals surface area contributed by atoms with Crippen molar-refractivity contribution in [2.24, 2.45) is 10.8 Å². The zero-order chi connectivity index (χ0) is 36.9. The van der Waals surface area contributed by atoms with Gasteiger partial charge in [0.2, 0.25) is 0 Å². The quantitative estimate of drug-likeness (QED) is 0.134. The first-order valence-corrected chi connectivity index (χ1v) is 19.0. The van der Waals surface area contributed by atoms with Crippen molar-refractivity contribution >= 4 is 34.1 Å². The molecule has 2 nitrogen and oxygen atoms in total. The summed E-state index contributed by atoms with van der Waals surface area (Å²) in [6.45, 7) is 18.7. The molecular weight excluding hydrogens is 629 g/mol. The second-order valence-corrected chi connectivity index (χ2v) is 16.6. The molecule has 0 saturated carbocycles. The molecule has 6 aromatic carbocycles. The molecule has 0 amide bonds. The highest BCUT2D eigenvalue weighted by molar-refractivity contribution is 5.80. The Balaban J connectivity index is 1.28. The Labute approximate surface area is 313 Å². The molecule has 266 valence electrons. The highest BCUT2D eigenvalue weighted by Crippen LogP contribution is 2.44. The summed E-state index contributed by atoms with van der Waals surface area (Å²) in [4.78, 5) is 4.69. The van der Waals surface area contributed by atoms with E-state index in [1.165, 1.54) is 22.3 Å². The molecule has 0 aromatic heterocycles. The molecule has 0 aliphatic rings. The maximum atomic E-state index is 2.37. The molecule has 6 aromatic rings. The van der Waals surface area contributed by atoms with Gasteiger partial charge in [-0.05, 0) is 131 Å². The molecule has 6 rings (SSSR count). The first kappa shape index (κ1) is 36.7. The van der Waals surface area contributed by atoms with Gasteiger partial charge in [0.1, 0.15) is 0 Å². The van der Waals surface area contributed by atoms with Crippen molar-refractivity contribution in [3.05, 3.63) is 169 Å². The van der Waals surface area contributed by atoms with E-state index in [-0.39, 0.29) is 10.8 Å². The predicted octanol–water partition coefficient (Wildman–Crippen LogP) is 15.4. The Morgan fingerprint density at radius 2 is 0.750 bits per heavy atom. The van der Waals surface area contributed by atoms with E-state index >= 15 is 0 Å². The lowest BCUT2D eigenvalue weighted by Gasteiger charge is -2.36. The standard InChI is InChI=1S/C50H56N2/c1-9-37(2)38-20-28-44(29-21-38)51(42-16-12-10-13-17-42)45-30-22-39(23-31-45)40-24-32-46(33-25-40)52(43-18-14-11-15-19-43)47-34-26-41(27-35-47)48(50(6,7)8)36-49(3,4)5/h10-35,37,48H,9,36H2,1-8H3. The van der Waals surface area contributed by atoms with Crippen LogP contribution >= 0.6 is 0 Å². The zero-order valence-electron chi connectivity index (χ0n) is 32.5. The normalized spacial score (nSPS) is 13.0. The topological polar surface area (TPSA) is 6.48 Å². The number of nitrogens with zero attached hydrogens (tertiary/aromatic N) is 2. The van der Waals surface area contributed by atoms with E-state index in [0.29, 0.717) is 11.8 Å². The average Bonchev–Trinajstić information content (AvgIpc) is 3.15. The lowest BCUT2D eigenvalue weighted by Crippen LogP contribution is -2.23. The van der Waals surface area contributed by atoms with Crippen molar-refractivity contribution in [1.82, 2.24) is 0 Å². The Kier molecular flexibility index (Phi) is 11.1. The first-order valence-electron chi connectivity index (χ1n) is 19.0. The summed E-state index contributed by atoms with van der Waals surface area (Å²) in [7, 11) is 0. The number of hydrogen-bond donors (Lipinski definition) is 0. The van der Waals surface area contributed by atoms with Crippen LogP contribution in [0.3, 0.4) is 0 Å². The minimum Gasteiger partial charge on any atom is -0.311 e. The van der Waals surface area contributed by atoms with Crippen molar-refractivity contribution in [3.8, 4) is 11.1 Å². The molecule has 52 heavy (non-hydrogen) atoms. The van der Waals surface area contributed by atoms with E-state index < -0.39 is 0 Å². The fourth-order valence-electron chi connectivity index (χ4n) is 7.23. The lowest BCUT2D eigenvalue weighted by molar-refractivity contribution is 0.229. The van der Waals surface area contributed by atoms with E-state index in [1.54, 1.807) is 0 Å². The number of hydrogen-bond acceptors (Lipinski definition) is 2. The average molecular weight is 685 g/mol. The van der Waals surface area contributed by atoms with E-state index in [2.05, 4.69) is 223 Å². The third-order valence-electron chi connectivity index (χ3n) is 10.4. The molecule has 2 atom stereocenters. The van der Waals surface area contributed by atoms with E-state index in [4.69, 9.17) is 0 Å². The van der Waals surface area contributed by atoms with Gasteiger partial charge in [0.05, 0.1) is 0 Å². The molecule has 0 aliphatic carbocycles. The molecule has 2 unspecified atom stereocenters. The van der Waals surface area contributed by atoms with Crippen LogP contribution < -0.4 is 9.80 Å². The SMILES string of the molecule is CCC(C)c1ccc(N(c2ccccc2)c2ccc(-c3ccc(N(c4ccccc4)c4ccc(C(CC(C)(C)C)C(C)(C)C)cc4)cc3)cc2)cc1. The van der Waals surface area contributed by atoms with Crippen LogP contribution in [-0.4, -0.2) is 0 Å². The van der Waals surface area contributed by atoms with Gasteiger partial charge in [-0.15, -0.1) is 0 Å². The fourth-order valence-corrected chi connectivity index (χ4v) is 7.23. The van der Waals surface area contributed by atoms with Gasteiger partial charge in [-0.1, -0.05) is 140 Å². The van der Waals surface area contributed by atoms with Crippen molar-refractivity contribution < 1.29 is 0 Å². The van der Waals surface area contributed by atoms with Crippen molar-refractivity contribution in [1.29, 1.82) is 0 Å². The van der Waals surface area contributed by atoms with Crippen molar-refractivity contribution in [2.75, 3.05) is 9.80 Å². The summed E-state index contributed by atoms with van der Waals surface area (Å²) in [5.74, 6) is 1.03. The minimum atomic E-state index is 0.181. The van der Waals surface area contributed by atoms with Crippen LogP contribution in [0, 0.1) is 10.8 Å². The van der Waals surface area contributed by atoms with Crippen LogP contribution in [0.2, 0.25) is 0 Å². The van der Waals surface area contributed by atoms with Gasteiger partial charge >= 0.3 is 0 Å². The summed E-state index contributed by atoms with van der Waals surface area (Å²) < 4.78 is 0. The highest BCUT2D eigenvalue weighted by Gasteiger charge is 2.30. The van der Waals surface area contributed by atoms with Crippen LogP contribution in [0.25, 0.3) is 11.1 Å². The summed E-state index contributed by atoms with van der Waals surface area (Å²) in [6.07, 6.45) is 2.29. The Hall–Kier alpha value is -5.08. The lowest BCUT2D eigenvalue weighted by atomic mass is 9.69. The van der Waals surface area contributed by atoms with Crippen LogP contribution in [-0.2, 0) is 0 Å². The monoisotopic (exact) mass is 684 g/mol. The van der Waals surface area contributed by atoms with Gasteiger partial charge in [0.15, 0.2) is 0 Å². The van der Waals surface area contributed by atoms with Gasteiger partial charge in [-0.2, -0.15) is 0 Å². The number of anilines is 6. The highest BCUT2D eigenvalue weighted by atomic mass is 15.1. The summed E-state index contributed by atoms with van der Waals surface area (Å²) in [5, 5.41) is 0. The predicted molar refractivity (Wildman–Crippen MR) is 226 cm³/mol. The molecule has 0 heterocycles. The summed E-state index contributed by atoms with van der Waals surface area (Å²) in [6, 6.07) is 57.6. The van der Waals surface area contributed by atoms with Gasteiger partial charge in [-0.3, -0.25) is 0 Å². The zero-order valence-corrected chi connectivity index (χ0v) is 32.5. The third kappa shape index (κ3) is 8.68. The van der Waals surface area contributed by atoms with Crippen LogP contribution in [0.15, 0.2) is 158 Å². The van der Waals surface area contributed by atoms with E-state index in [1.807, 2.05) is 0 Å².